The van der Waals surface area contributed by atoms with E-state index >= 15 is 0 Å². The molecule has 120 valence electrons. The molecule has 0 fully saturated rings. The van der Waals surface area contributed by atoms with Gasteiger partial charge in [-0.25, -0.2) is 0 Å². The summed E-state index contributed by atoms with van der Waals surface area (Å²) < 4.78 is 28.5. The molecule has 2 rings (SSSR count). The Bertz CT molecular complexity index is 720. The lowest BCUT2D eigenvalue weighted by Crippen LogP contribution is -2.01. The van der Waals surface area contributed by atoms with Gasteiger partial charge >= 0.3 is 6.61 Å². The predicted molar refractivity (Wildman–Crippen MR) is 88.3 cm³/mol. The topological polar surface area (TPSA) is 71.1 Å². The number of benzene rings is 1. The van der Waals surface area contributed by atoms with E-state index in [1.807, 2.05) is 0 Å². The van der Waals surface area contributed by atoms with Crippen LogP contribution in [0.3, 0.4) is 0 Å². The van der Waals surface area contributed by atoms with Crippen LogP contribution in [0.15, 0.2) is 36.9 Å². The van der Waals surface area contributed by atoms with E-state index in [-0.39, 0.29) is 5.75 Å². The lowest BCUT2D eigenvalue weighted by Gasteiger charge is -2.07. The van der Waals surface area contributed by atoms with Crippen molar-refractivity contribution < 1.29 is 13.5 Å². The van der Waals surface area contributed by atoms with Gasteiger partial charge < -0.3 is 15.8 Å². The van der Waals surface area contributed by atoms with Crippen LogP contribution >= 0.6 is 11.3 Å². The third-order valence-corrected chi connectivity index (χ3v) is 4.23. The van der Waals surface area contributed by atoms with E-state index in [2.05, 4.69) is 22.7 Å². The fraction of sp³-hybridized carbons (Fsp3) is 0.188. The lowest BCUT2D eigenvalue weighted by atomic mass is 10.2. The van der Waals surface area contributed by atoms with Gasteiger partial charge in [0.1, 0.15) is 22.4 Å². The molecule has 0 aliphatic rings. The van der Waals surface area contributed by atoms with Gasteiger partial charge in [-0.05, 0) is 37.1 Å². The molecular formula is C16H15F2N3OS. The van der Waals surface area contributed by atoms with E-state index in [9.17, 15) is 14.0 Å². The highest BCUT2D eigenvalue weighted by molar-refractivity contribution is 7.17. The van der Waals surface area contributed by atoms with Crippen LogP contribution in [-0.4, -0.2) is 6.61 Å². The Labute approximate surface area is 136 Å². The Morgan fingerprint density at radius 1 is 1.39 bits per heavy atom. The maximum atomic E-state index is 12.1. The Balaban J connectivity index is 2.19. The number of ether oxygens (including phenoxy) is 1. The number of nitrogens with two attached hydrogens (primary N) is 1. The van der Waals surface area contributed by atoms with Gasteiger partial charge in [-0.1, -0.05) is 6.08 Å². The quantitative estimate of drug-likeness (QED) is 0.722. The number of aryl methyl sites for hydroxylation is 1. The molecule has 1 aromatic carbocycles. The third-order valence-electron chi connectivity index (χ3n) is 3.05. The molecule has 0 bridgehead atoms. The molecule has 0 spiro atoms. The van der Waals surface area contributed by atoms with Crippen LogP contribution in [0.5, 0.6) is 5.75 Å². The number of hydrogen-bond acceptors (Lipinski definition) is 5. The molecule has 0 amide bonds. The monoisotopic (exact) mass is 335 g/mol. The van der Waals surface area contributed by atoms with Crippen LogP contribution in [0.1, 0.15) is 16.9 Å². The van der Waals surface area contributed by atoms with E-state index in [4.69, 9.17) is 5.73 Å². The summed E-state index contributed by atoms with van der Waals surface area (Å²) in [6, 6.07) is 8.14. The fourth-order valence-electron chi connectivity index (χ4n) is 1.96. The molecule has 1 aromatic heterocycles. The maximum Gasteiger partial charge on any atom is 0.387 e. The number of halogens is 2. The summed E-state index contributed by atoms with van der Waals surface area (Å²) in [5, 5.41) is 13.0. The smallest absolute Gasteiger partial charge is 0.387 e. The van der Waals surface area contributed by atoms with Crippen LogP contribution in [0.2, 0.25) is 0 Å². The minimum atomic E-state index is -2.86. The van der Waals surface area contributed by atoms with E-state index in [0.29, 0.717) is 21.9 Å². The van der Waals surface area contributed by atoms with Crippen LogP contribution < -0.4 is 15.8 Å². The molecule has 0 atom stereocenters. The van der Waals surface area contributed by atoms with Crippen LogP contribution in [0.25, 0.3) is 0 Å². The second kappa shape index (κ2) is 7.61. The zero-order valence-electron chi connectivity index (χ0n) is 12.2. The normalized spacial score (nSPS) is 10.3. The molecule has 7 heteroatoms. The van der Waals surface area contributed by atoms with Gasteiger partial charge in [0.05, 0.1) is 5.69 Å². The maximum absolute atomic E-state index is 12.1. The van der Waals surface area contributed by atoms with Gasteiger partial charge in [0, 0.05) is 10.6 Å². The highest BCUT2D eigenvalue weighted by atomic mass is 32.1. The highest BCUT2D eigenvalue weighted by Gasteiger charge is 2.15. The van der Waals surface area contributed by atoms with E-state index < -0.39 is 6.61 Å². The first-order valence-electron chi connectivity index (χ1n) is 6.79. The first-order chi connectivity index (χ1) is 11.0. The molecule has 0 aliphatic heterocycles. The first-order valence-corrected chi connectivity index (χ1v) is 7.60. The molecule has 0 unspecified atom stereocenters. The van der Waals surface area contributed by atoms with Crippen molar-refractivity contribution >= 4 is 27.7 Å². The van der Waals surface area contributed by atoms with Crippen LogP contribution in [-0.2, 0) is 6.42 Å². The van der Waals surface area contributed by atoms with Gasteiger partial charge in [0.2, 0.25) is 0 Å². The fourth-order valence-corrected chi connectivity index (χ4v) is 3.06. The number of alkyl halides is 2. The molecule has 23 heavy (non-hydrogen) atoms. The van der Waals surface area contributed by atoms with Crippen LogP contribution in [0, 0.1) is 11.3 Å². The molecule has 1 heterocycles. The van der Waals surface area contributed by atoms with E-state index in [1.54, 1.807) is 18.2 Å². The van der Waals surface area contributed by atoms with Crippen molar-refractivity contribution in [2.45, 2.75) is 19.5 Å². The first kappa shape index (κ1) is 16.8. The number of hydrogen-bond donors (Lipinski definition) is 2. The molecule has 0 saturated carbocycles. The van der Waals surface area contributed by atoms with Gasteiger partial charge in [0.15, 0.2) is 0 Å². The number of allylic oxidation sites excluding steroid dienone is 1. The number of thiophene rings is 1. The molecule has 4 nitrogen and oxygen atoms in total. The van der Waals surface area contributed by atoms with Gasteiger partial charge in [-0.2, -0.15) is 14.0 Å². The summed E-state index contributed by atoms with van der Waals surface area (Å²) in [6.45, 7) is 0.811. The zero-order chi connectivity index (χ0) is 16.8. The van der Waals surface area contributed by atoms with Crippen molar-refractivity contribution in [3.8, 4) is 11.8 Å². The Morgan fingerprint density at radius 2 is 2.09 bits per heavy atom. The summed E-state index contributed by atoms with van der Waals surface area (Å²) in [5.41, 5.74) is 7.51. The Hall–Kier alpha value is -2.59. The van der Waals surface area contributed by atoms with Crippen molar-refractivity contribution in [1.29, 1.82) is 5.26 Å². The van der Waals surface area contributed by atoms with E-state index in [1.165, 1.54) is 23.5 Å². The zero-order valence-corrected chi connectivity index (χ0v) is 13.0. The number of nitrogens with one attached hydrogen (secondary N) is 1. The number of anilines is 3. The second-order valence-corrected chi connectivity index (χ2v) is 5.72. The molecule has 0 radical (unpaired) electrons. The molecular weight excluding hydrogens is 320 g/mol. The average Bonchev–Trinajstić information content (AvgIpc) is 2.81. The summed E-state index contributed by atoms with van der Waals surface area (Å²) >= 11 is 1.40. The van der Waals surface area contributed by atoms with Crippen LogP contribution in [0.4, 0.5) is 25.2 Å². The summed E-state index contributed by atoms with van der Waals surface area (Å²) in [6.07, 6.45) is 3.28. The number of nitrogens with zero attached hydrogens (tertiary/aromatic N) is 1. The van der Waals surface area contributed by atoms with Crippen molar-refractivity contribution in [3.05, 3.63) is 47.4 Å². The molecule has 0 saturated heterocycles. The number of rotatable bonds is 7. The standard InChI is InChI=1S/C16H15F2N3OS/c1-2-3-4-13-14(20)12(9-19)15(23-13)21-10-5-7-11(8-6-10)22-16(17)18/h2,5-8,16,21H,1,3-4,20H2. The number of nitrogen functional groups attached to an aromatic ring is 1. The largest absolute Gasteiger partial charge is 0.435 e. The average molecular weight is 335 g/mol. The van der Waals surface area contributed by atoms with Crippen molar-refractivity contribution in [1.82, 2.24) is 0 Å². The third kappa shape index (κ3) is 4.20. The Kier molecular flexibility index (Phi) is 5.55. The van der Waals surface area contributed by atoms with Gasteiger partial charge in [0.25, 0.3) is 0 Å². The van der Waals surface area contributed by atoms with Crippen molar-refractivity contribution in [2.75, 3.05) is 11.1 Å². The summed E-state index contributed by atoms with van der Waals surface area (Å²) in [4.78, 5) is 0.918. The van der Waals surface area contributed by atoms with Crippen molar-refractivity contribution in [2.24, 2.45) is 0 Å². The SMILES string of the molecule is C=CCCc1sc(Nc2ccc(OC(F)F)cc2)c(C#N)c1N. The lowest BCUT2D eigenvalue weighted by molar-refractivity contribution is -0.0498. The molecule has 3 N–H and O–H groups in total. The minimum Gasteiger partial charge on any atom is -0.435 e. The van der Waals surface area contributed by atoms with E-state index in [0.717, 1.165) is 17.7 Å². The molecule has 2 aromatic rings. The van der Waals surface area contributed by atoms with Gasteiger partial charge in [-0.15, -0.1) is 17.9 Å². The highest BCUT2D eigenvalue weighted by Crippen LogP contribution is 2.37. The molecule has 0 aliphatic carbocycles. The second-order valence-electron chi connectivity index (χ2n) is 4.61. The predicted octanol–water partition coefficient (Wildman–Crippen LogP) is 4.67. The van der Waals surface area contributed by atoms with Crippen molar-refractivity contribution in [3.63, 3.8) is 0 Å². The van der Waals surface area contributed by atoms with Gasteiger partial charge in [-0.3, -0.25) is 0 Å². The summed E-state index contributed by atoms with van der Waals surface area (Å²) in [5.74, 6) is 0.0726. The summed E-state index contributed by atoms with van der Waals surface area (Å²) in [7, 11) is 0. The number of nitriles is 1. The Morgan fingerprint density at radius 3 is 2.65 bits per heavy atom. The minimum absolute atomic E-state index is 0.0726.